The van der Waals surface area contributed by atoms with Gasteiger partial charge in [0.15, 0.2) is 0 Å². The maximum Gasteiger partial charge on any atom is 0.0347 e. The molecule has 1 unspecified atom stereocenters. The third kappa shape index (κ3) is 1.93. The summed E-state index contributed by atoms with van der Waals surface area (Å²) in [6.07, 6.45) is 3.78. The van der Waals surface area contributed by atoms with Crippen molar-refractivity contribution in [3.8, 4) is 0 Å². The number of pyridine rings is 1. The minimum Gasteiger partial charge on any atom is -0.313 e. The molecule has 0 spiro atoms. The number of nitrogens with zero attached hydrogens (tertiary/aromatic N) is 1. The zero-order valence-electron chi connectivity index (χ0n) is 10.1. The summed E-state index contributed by atoms with van der Waals surface area (Å²) in [7, 11) is 2.02. The molecular formula is C14H18N2. The van der Waals surface area contributed by atoms with E-state index in [1.165, 1.54) is 16.3 Å². The van der Waals surface area contributed by atoms with Crippen LogP contribution in [0.5, 0.6) is 0 Å². The normalized spacial score (nSPS) is 13.2. The van der Waals surface area contributed by atoms with E-state index in [0.29, 0.717) is 12.0 Å². The fourth-order valence-electron chi connectivity index (χ4n) is 2.27. The van der Waals surface area contributed by atoms with E-state index in [9.17, 15) is 0 Å². The molecule has 0 saturated carbocycles. The molecule has 0 aliphatic heterocycles. The SMILES string of the molecule is CNC(c1cccc2cnccc12)C(C)C. The van der Waals surface area contributed by atoms with E-state index >= 15 is 0 Å². The highest BCUT2D eigenvalue weighted by Gasteiger charge is 2.15. The van der Waals surface area contributed by atoms with Gasteiger partial charge < -0.3 is 5.32 Å². The van der Waals surface area contributed by atoms with Crippen LogP contribution in [0.4, 0.5) is 0 Å². The summed E-state index contributed by atoms with van der Waals surface area (Å²) in [5.41, 5.74) is 1.36. The molecule has 2 heteroatoms. The molecule has 1 aromatic heterocycles. The third-order valence-corrected chi connectivity index (χ3v) is 3.03. The van der Waals surface area contributed by atoms with Crippen molar-refractivity contribution in [2.24, 2.45) is 5.92 Å². The van der Waals surface area contributed by atoms with E-state index in [2.05, 4.69) is 48.4 Å². The Hall–Kier alpha value is -1.41. The Morgan fingerprint density at radius 1 is 1.19 bits per heavy atom. The van der Waals surface area contributed by atoms with Crippen LogP contribution in [0.1, 0.15) is 25.5 Å². The molecule has 2 rings (SSSR count). The maximum absolute atomic E-state index is 4.16. The van der Waals surface area contributed by atoms with Crippen molar-refractivity contribution in [2.75, 3.05) is 7.05 Å². The molecule has 1 aromatic carbocycles. The van der Waals surface area contributed by atoms with Crippen molar-refractivity contribution in [3.63, 3.8) is 0 Å². The van der Waals surface area contributed by atoms with E-state index in [1.807, 2.05) is 19.4 Å². The summed E-state index contributed by atoms with van der Waals surface area (Å²) in [6.45, 7) is 4.47. The first kappa shape index (κ1) is 11.1. The molecule has 1 heterocycles. The molecule has 0 aliphatic carbocycles. The van der Waals surface area contributed by atoms with Crippen molar-refractivity contribution >= 4 is 10.8 Å². The van der Waals surface area contributed by atoms with Crippen molar-refractivity contribution in [1.82, 2.24) is 10.3 Å². The highest BCUT2D eigenvalue weighted by molar-refractivity contribution is 5.85. The van der Waals surface area contributed by atoms with Crippen LogP contribution >= 0.6 is 0 Å². The molecule has 0 amide bonds. The van der Waals surface area contributed by atoms with E-state index in [-0.39, 0.29) is 0 Å². The second-order valence-electron chi connectivity index (χ2n) is 4.45. The van der Waals surface area contributed by atoms with Crippen molar-refractivity contribution < 1.29 is 0 Å². The monoisotopic (exact) mass is 214 g/mol. The molecule has 84 valence electrons. The molecule has 1 atom stereocenters. The number of hydrogen-bond acceptors (Lipinski definition) is 2. The highest BCUT2D eigenvalue weighted by atomic mass is 14.9. The smallest absolute Gasteiger partial charge is 0.0347 e. The molecule has 16 heavy (non-hydrogen) atoms. The van der Waals surface area contributed by atoms with Gasteiger partial charge in [-0.05, 0) is 30.0 Å². The van der Waals surface area contributed by atoms with Crippen LogP contribution in [0.3, 0.4) is 0 Å². The lowest BCUT2D eigenvalue weighted by Crippen LogP contribution is -2.21. The number of hydrogen-bond donors (Lipinski definition) is 1. The van der Waals surface area contributed by atoms with Crippen LogP contribution in [-0.2, 0) is 0 Å². The van der Waals surface area contributed by atoms with E-state index in [4.69, 9.17) is 0 Å². The second-order valence-corrected chi connectivity index (χ2v) is 4.45. The lowest BCUT2D eigenvalue weighted by Gasteiger charge is -2.22. The molecule has 0 bridgehead atoms. The van der Waals surface area contributed by atoms with Gasteiger partial charge in [0.2, 0.25) is 0 Å². The van der Waals surface area contributed by atoms with Crippen LogP contribution in [0, 0.1) is 5.92 Å². The fraction of sp³-hybridized carbons (Fsp3) is 0.357. The summed E-state index contributed by atoms with van der Waals surface area (Å²) in [4.78, 5) is 4.16. The molecular weight excluding hydrogens is 196 g/mol. The topological polar surface area (TPSA) is 24.9 Å². The average Bonchev–Trinajstić information content (AvgIpc) is 2.30. The predicted octanol–water partition coefficient (Wildman–Crippen LogP) is 3.15. The lowest BCUT2D eigenvalue weighted by molar-refractivity contribution is 0.446. The predicted molar refractivity (Wildman–Crippen MR) is 68.4 cm³/mol. The van der Waals surface area contributed by atoms with Crippen LogP contribution in [0.25, 0.3) is 10.8 Å². The Labute approximate surface area is 96.7 Å². The summed E-state index contributed by atoms with van der Waals surface area (Å²) in [6, 6.07) is 8.90. The largest absolute Gasteiger partial charge is 0.313 e. The Morgan fingerprint density at radius 3 is 2.69 bits per heavy atom. The van der Waals surface area contributed by atoms with Crippen molar-refractivity contribution in [2.45, 2.75) is 19.9 Å². The third-order valence-electron chi connectivity index (χ3n) is 3.03. The quantitative estimate of drug-likeness (QED) is 0.849. The van der Waals surface area contributed by atoms with Gasteiger partial charge in [0.05, 0.1) is 0 Å². The molecule has 0 fully saturated rings. The van der Waals surface area contributed by atoms with Gasteiger partial charge in [0.25, 0.3) is 0 Å². The Bertz CT molecular complexity index is 472. The Kier molecular flexibility index (Phi) is 3.20. The second kappa shape index (κ2) is 4.62. The molecule has 1 N–H and O–H groups in total. The lowest BCUT2D eigenvalue weighted by atomic mass is 9.92. The number of nitrogens with one attached hydrogen (secondary N) is 1. The summed E-state index contributed by atoms with van der Waals surface area (Å²) in [5.74, 6) is 0.573. The van der Waals surface area contributed by atoms with Gasteiger partial charge in [-0.2, -0.15) is 0 Å². The highest BCUT2D eigenvalue weighted by Crippen LogP contribution is 2.27. The molecule has 2 aromatic rings. The first-order chi connectivity index (χ1) is 7.74. The van der Waals surface area contributed by atoms with Gasteiger partial charge in [-0.15, -0.1) is 0 Å². The van der Waals surface area contributed by atoms with Gasteiger partial charge in [-0.25, -0.2) is 0 Å². The molecule has 2 nitrogen and oxygen atoms in total. The Balaban J connectivity index is 2.59. The molecule has 0 aliphatic rings. The van der Waals surface area contributed by atoms with Gasteiger partial charge in [0.1, 0.15) is 0 Å². The van der Waals surface area contributed by atoms with Gasteiger partial charge >= 0.3 is 0 Å². The number of benzene rings is 1. The first-order valence-electron chi connectivity index (χ1n) is 5.74. The minimum absolute atomic E-state index is 0.395. The van der Waals surface area contributed by atoms with Gasteiger partial charge in [-0.1, -0.05) is 32.0 Å². The number of rotatable bonds is 3. The minimum atomic E-state index is 0.395. The van der Waals surface area contributed by atoms with Crippen LogP contribution in [0.15, 0.2) is 36.7 Å². The molecule has 0 radical (unpaired) electrons. The summed E-state index contributed by atoms with van der Waals surface area (Å²) < 4.78 is 0. The number of aromatic nitrogens is 1. The number of fused-ring (bicyclic) bond motifs is 1. The van der Waals surface area contributed by atoms with Gasteiger partial charge in [-0.3, -0.25) is 4.98 Å². The van der Waals surface area contributed by atoms with Crippen molar-refractivity contribution in [1.29, 1.82) is 0 Å². The molecule has 0 saturated heterocycles. The zero-order valence-corrected chi connectivity index (χ0v) is 10.1. The fourth-order valence-corrected chi connectivity index (χ4v) is 2.27. The van der Waals surface area contributed by atoms with Crippen LogP contribution < -0.4 is 5.32 Å². The van der Waals surface area contributed by atoms with Crippen molar-refractivity contribution in [3.05, 3.63) is 42.2 Å². The van der Waals surface area contributed by atoms with E-state index in [0.717, 1.165) is 0 Å². The standard InChI is InChI=1S/C14H18N2/c1-10(2)14(15-3)13-6-4-5-11-9-16-8-7-12(11)13/h4-10,14-15H,1-3H3. The van der Waals surface area contributed by atoms with Crippen LogP contribution in [-0.4, -0.2) is 12.0 Å². The summed E-state index contributed by atoms with van der Waals surface area (Å²) >= 11 is 0. The van der Waals surface area contributed by atoms with E-state index < -0.39 is 0 Å². The first-order valence-corrected chi connectivity index (χ1v) is 5.74. The maximum atomic E-state index is 4.16. The summed E-state index contributed by atoms with van der Waals surface area (Å²) in [5, 5.41) is 5.90. The zero-order chi connectivity index (χ0) is 11.5. The van der Waals surface area contributed by atoms with E-state index in [1.54, 1.807) is 0 Å². The average molecular weight is 214 g/mol. The van der Waals surface area contributed by atoms with Gasteiger partial charge in [0, 0.05) is 23.8 Å². The van der Waals surface area contributed by atoms with Crippen LogP contribution in [0.2, 0.25) is 0 Å². The Morgan fingerprint density at radius 2 is 2.00 bits per heavy atom.